The highest BCUT2D eigenvalue weighted by atomic mass is 16.5. The lowest BCUT2D eigenvalue weighted by atomic mass is 9.97. The summed E-state index contributed by atoms with van der Waals surface area (Å²) >= 11 is 0. The Hall–Kier alpha value is -1.02. The average Bonchev–Trinajstić information content (AvgIpc) is 2.96. The third kappa shape index (κ3) is 2.32. The summed E-state index contributed by atoms with van der Waals surface area (Å²) in [5.41, 5.74) is 1.39. The molecule has 1 aliphatic rings. The molecule has 1 aromatic carbocycles. The first kappa shape index (κ1) is 10.5. The number of aromatic hydroxyl groups is 1. The van der Waals surface area contributed by atoms with Crippen molar-refractivity contribution in [2.45, 2.75) is 38.2 Å². The smallest absolute Gasteiger partial charge is 0.115 e. The van der Waals surface area contributed by atoms with E-state index in [9.17, 15) is 5.11 Å². The normalized spacial score (nSPS) is 18.1. The fourth-order valence-electron chi connectivity index (χ4n) is 1.83. The molecule has 0 atom stereocenters. The minimum absolute atomic E-state index is 0.184. The zero-order chi connectivity index (χ0) is 10.9. The highest BCUT2D eigenvalue weighted by Crippen LogP contribution is 2.49. The molecular weight excluding hydrogens is 188 g/mol. The maximum Gasteiger partial charge on any atom is 0.115 e. The van der Waals surface area contributed by atoms with E-state index in [1.807, 2.05) is 12.1 Å². The summed E-state index contributed by atoms with van der Waals surface area (Å²) in [6.45, 7) is 4.88. The number of phenolic OH excluding ortho intramolecular Hbond substituents is 1. The second kappa shape index (κ2) is 3.86. The van der Waals surface area contributed by atoms with Gasteiger partial charge in [0, 0.05) is 5.41 Å². The number of rotatable bonds is 4. The molecule has 82 valence electrons. The summed E-state index contributed by atoms with van der Waals surface area (Å²) < 4.78 is 5.68. The molecular formula is C13H18O2. The van der Waals surface area contributed by atoms with Crippen LogP contribution in [0.3, 0.4) is 0 Å². The summed E-state index contributed by atoms with van der Waals surface area (Å²) in [4.78, 5) is 0. The van der Waals surface area contributed by atoms with E-state index in [4.69, 9.17) is 4.74 Å². The maximum atomic E-state index is 9.44. The summed E-state index contributed by atoms with van der Waals surface area (Å²) in [5.74, 6) is 0.350. The molecule has 1 aliphatic carbocycles. The Labute approximate surface area is 90.9 Å². The predicted molar refractivity (Wildman–Crippen MR) is 60.1 cm³/mol. The standard InChI is InChI=1S/C13H18O2/c1-10(2)15-9-13(6-7-13)11-4-3-5-12(14)8-11/h3-5,8,10,14H,6-7,9H2,1-2H3. The van der Waals surface area contributed by atoms with Gasteiger partial charge in [0.2, 0.25) is 0 Å². The summed E-state index contributed by atoms with van der Waals surface area (Å²) in [7, 11) is 0. The maximum absolute atomic E-state index is 9.44. The van der Waals surface area contributed by atoms with E-state index in [1.54, 1.807) is 6.07 Å². The van der Waals surface area contributed by atoms with Crippen LogP contribution >= 0.6 is 0 Å². The van der Waals surface area contributed by atoms with Crippen molar-refractivity contribution < 1.29 is 9.84 Å². The van der Waals surface area contributed by atoms with Crippen molar-refractivity contribution in [1.82, 2.24) is 0 Å². The van der Waals surface area contributed by atoms with Gasteiger partial charge in [-0.15, -0.1) is 0 Å². The van der Waals surface area contributed by atoms with E-state index in [1.165, 1.54) is 18.4 Å². The monoisotopic (exact) mass is 206 g/mol. The molecule has 0 aromatic heterocycles. The topological polar surface area (TPSA) is 29.5 Å². The summed E-state index contributed by atoms with van der Waals surface area (Å²) in [6, 6.07) is 7.55. The van der Waals surface area contributed by atoms with Crippen LogP contribution in [0.4, 0.5) is 0 Å². The Morgan fingerprint density at radius 1 is 1.40 bits per heavy atom. The molecule has 2 rings (SSSR count). The van der Waals surface area contributed by atoms with Gasteiger partial charge in [-0.1, -0.05) is 12.1 Å². The molecule has 0 spiro atoms. The fourth-order valence-corrected chi connectivity index (χ4v) is 1.83. The lowest BCUT2D eigenvalue weighted by Crippen LogP contribution is -2.18. The van der Waals surface area contributed by atoms with Gasteiger partial charge in [-0.3, -0.25) is 0 Å². The van der Waals surface area contributed by atoms with Crippen molar-refractivity contribution in [3.63, 3.8) is 0 Å². The van der Waals surface area contributed by atoms with Crippen LogP contribution in [0.25, 0.3) is 0 Å². The van der Waals surface area contributed by atoms with Gasteiger partial charge in [0.05, 0.1) is 12.7 Å². The first-order valence-corrected chi connectivity index (χ1v) is 5.53. The van der Waals surface area contributed by atoms with E-state index in [0.717, 1.165) is 6.61 Å². The number of hydrogen-bond acceptors (Lipinski definition) is 2. The van der Waals surface area contributed by atoms with Crippen molar-refractivity contribution >= 4 is 0 Å². The van der Waals surface area contributed by atoms with E-state index >= 15 is 0 Å². The van der Waals surface area contributed by atoms with Crippen molar-refractivity contribution in [1.29, 1.82) is 0 Å². The van der Waals surface area contributed by atoms with E-state index in [2.05, 4.69) is 19.9 Å². The molecule has 15 heavy (non-hydrogen) atoms. The molecule has 2 nitrogen and oxygen atoms in total. The Balaban J connectivity index is 2.09. The highest BCUT2D eigenvalue weighted by Gasteiger charge is 2.44. The van der Waals surface area contributed by atoms with E-state index < -0.39 is 0 Å². The number of phenols is 1. The Morgan fingerprint density at radius 2 is 2.13 bits per heavy atom. The van der Waals surface area contributed by atoms with Crippen LogP contribution in [0.5, 0.6) is 5.75 Å². The molecule has 0 amide bonds. The van der Waals surface area contributed by atoms with E-state index in [-0.39, 0.29) is 11.5 Å². The summed E-state index contributed by atoms with van der Waals surface area (Å²) in [5, 5.41) is 9.44. The second-order valence-electron chi connectivity index (χ2n) is 4.69. The lowest BCUT2D eigenvalue weighted by Gasteiger charge is -2.18. The Bertz CT molecular complexity index is 340. The quantitative estimate of drug-likeness (QED) is 0.820. The molecule has 0 radical (unpaired) electrons. The van der Waals surface area contributed by atoms with Gasteiger partial charge < -0.3 is 9.84 Å². The van der Waals surface area contributed by atoms with Gasteiger partial charge in [0.25, 0.3) is 0 Å². The second-order valence-corrected chi connectivity index (χ2v) is 4.69. The van der Waals surface area contributed by atoms with Crippen molar-refractivity contribution in [2.75, 3.05) is 6.61 Å². The third-order valence-electron chi connectivity index (χ3n) is 3.01. The van der Waals surface area contributed by atoms with Gasteiger partial charge in [0.15, 0.2) is 0 Å². The van der Waals surface area contributed by atoms with Gasteiger partial charge >= 0.3 is 0 Å². The summed E-state index contributed by atoms with van der Waals surface area (Å²) in [6.07, 6.45) is 2.62. The van der Waals surface area contributed by atoms with Crippen LogP contribution in [0, 0.1) is 0 Å². The number of benzene rings is 1. The average molecular weight is 206 g/mol. The molecule has 2 heteroatoms. The molecule has 0 heterocycles. The van der Waals surface area contributed by atoms with Crippen LogP contribution in [0.2, 0.25) is 0 Å². The van der Waals surface area contributed by atoms with Crippen LogP contribution in [0.1, 0.15) is 32.3 Å². The van der Waals surface area contributed by atoms with E-state index in [0.29, 0.717) is 5.75 Å². The van der Waals surface area contributed by atoms with Crippen LogP contribution in [0.15, 0.2) is 24.3 Å². The molecule has 1 fully saturated rings. The molecule has 0 saturated heterocycles. The lowest BCUT2D eigenvalue weighted by molar-refractivity contribution is 0.0619. The zero-order valence-corrected chi connectivity index (χ0v) is 9.36. The van der Waals surface area contributed by atoms with Crippen molar-refractivity contribution in [3.8, 4) is 5.75 Å². The molecule has 0 aliphatic heterocycles. The van der Waals surface area contributed by atoms with Crippen LogP contribution in [-0.4, -0.2) is 17.8 Å². The van der Waals surface area contributed by atoms with Crippen molar-refractivity contribution in [3.05, 3.63) is 29.8 Å². The van der Waals surface area contributed by atoms with Crippen molar-refractivity contribution in [2.24, 2.45) is 0 Å². The largest absolute Gasteiger partial charge is 0.508 e. The zero-order valence-electron chi connectivity index (χ0n) is 9.36. The third-order valence-corrected chi connectivity index (χ3v) is 3.01. The molecule has 0 bridgehead atoms. The minimum Gasteiger partial charge on any atom is -0.508 e. The Kier molecular flexibility index (Phi) is 2.70. The minimum atomic E-state index is 0.184. The first-order chi connectivity index (χ1) is 7.12. The van der Waals surface area contributed by atoms with Crippen LogP contribution in [-0.2, 0) is 10.2 Å². The highest BCUT2D eigenvalue weighted by molar-refractivity contribution is 5.36. The predicted octanol–water partition coefficient (Wildman–Crippen LogP) is 2.85. The molecule has 1 saturated carbocycles. The van der Waals surface area contributed by atoms with Gasteiger partial charge in [-0.2, -0.15) is 0 Å². The molecule has 1 aromatic rings. The molecule has 0 unspecified atom stereocenters. The fraction of sp³-hybridized carbons (Fsp3) is 0.538. The van der Waals surface area contributed by atoms with Crippen LogP contribution < -0.4 is 0 Å². The van der Waals surface area contributed by atoms with Gasteiger partial charge in [-0.25, -0.2) is 0 Å². The van der Waals surface area contributed by atoms with Gasteiger partial charge in [-0.05, 0) is 44.4 Å². The number of hydrogen-bond donors (Lipinski definition) is 1. The Morgan fingerprint density at radius 3 is 2.67 bits per heavy atom. The van der Waals surface area contributed by atoms with Gasteiger partial charge in [0.1, 0.15) is 5.75 Å². The number of ether oxygens (including phenoxy) is 1. The SMILES string of the molecule is CC(C)OCC1(c2cccc(O)c2)CC1. The first-order valence-electron chi connectivity index (χ1n) is 5.53. The molecule has 1 N–H and O–H groups in total.